The summed E-state index contributed by atoms with van der Waals surface area (Å²) in [6.45, 7) is 3.93. The summed E-state index contributed by atoms with van der Waals surface area (Å²) < 4.78 is 23.6. The lowest BCUT2D eigenvalue weighted by Crippen LogP contribution is -2.22. The van der Waals surface area contributed by atoms with E-state index in [-0.39, 0.29) is 0 Å². The van der Waals surface area contributed by atoms with Gasteiger partial charge in [0, 0.05) is 0 Å². The van der Waals surface area contributed by atoms with Gasteiger partial charge in [0.05, 0.1) is 11.5 Å². The molecule has 0 spiro atoms. The Kier molecular flexibility index (Phi) is 6.36. The van der Waals surface area contributed by atoms with Crippen LogP contribution in [0.2, 0.25) is 0 Å². The van der Waals surface area contributed by atoms with Crippen molar-refractivity contribution in [2.75, 3.05) is 24.6 Å². The molecule has 0 atom stereocenters. The fraction of sp³-hybridized carbons (Fsp3) is 1.00. The molecule has 0 saturated heterocycles. The summed E-state index contributed by atoms with van der Waals surface area (Å²) in [6.07, 6.45) is 6.54. The molecule has 16 heavy (non-hydrogen) atoms. The molecule has 0 aromatic rings. The van der Waals surface area contributed by atoms with Gasteiger partial charge >= 0.3 is 0 Å². The van der Waals surface area contributed by atoms with Gasteiger partial charge in [-0.15, -0.1) is 0 Å². The van der Waals surface area contributed by atoms with Crippen molar-refractivity contribution in [3.63, 3.8) is 0 Å². The first-order valence-electron chi connectivity index (χ1n) is 6.55. The molecular weight excluding hydrogens is 222 g/mol. The SMILES string of the molecule is CCCNCCCS(=O)(=O)CC1CCCC1. The summed E-state index contributed by atoms with van der Waals surface area (Å²) in [5, 5.41) is 3.24. The summed E-state index contributed by atoms with van der Waals surface area (Å²) in [5.41, 5.74) is 0. The lowest BCUT2D eigenvalue weighted by molar-refractivity contribution is 0.554. The first-order valence-corrected chi connectivity index (χ1v) is 8.37. The Balaban J connectivity index is 2.13. The Labute approximate surface area is 99.9 Å². The first kappa shape index (κ1) is 14.0. The van der Waals surface area contributed by atoms with Crippen molar-refractivity contribution in [2.45, 2.75) is 45.4 Å². The lowest BCUT2D eigenvalue weighted by Gasteiger charge is -2.10. The normalized spacial score (nSPS) is 18.1. The molecule has 1 aliphatic rings. The quantitative estimate of drug-likeness (QED) is 0.667. The van der Waals surface area contributed by atoms with Crippen molar-refractivity contribution in [3.8, 4) is 0 Å². The molecule has 0 amide bonds. The molecule has 96 valence electrons. The monoisotopic (exact) mass is 247 g/mol. The highest BCUT2D eigenvalue weighted by Gasteiger charge is 2.21. The highest BCUT2D eigenvalue weighted by Crippen LogP contribution is 2.26. The number of hydrogen-bond acceptors (Lipinski definition) is 3. The zero-order valence-corrected chi connectivity index (χ0v) is 11.2. The summed E-state index contributed by atoms with van der Waals surface area (Å²) in [5.74, 6) is 1.25. The molecule has 1 rings (SSSR count). The van der Waals surface area contributed by atoms with Crippen LogP contribution in [-0.4, -0.2) is 33.0 Å². The highest BCUT2D eigenvalue weighted by atomic mass is 32.2. The van der Waals surface area contributed by atoms with Gasteiger partial charge in [0.15, 0.2) is 9.84 Å². The van der Waals surface area contributed by atoms with E-state index < -0.39 is 9.84 Å². The number of rotatable bonds is 8. The second-order valence-electron chi connectivity index (χ2n) is 4.87. The van der Waals surface area contributed by atoms with Crippen LogP contribution in [0.3, 0.4) is 0 Å². The minimum Gasteiger partial charge on any atom is -0.317 e. The van der Waals surface area contributed by atoms with Gasteiger partial charge < -0.3 is 5.32 Å². The van der Waals surface area contributed by atoms with Crippen LogP contribution in [0, 0.1) is 5.92 Å². The van der Waals surface area contributed by atoms with Crippen LogP contribution in [0.25, 0.3) is 0 Å². The largest absolute Gasteiger partial charge is 0.317 e. The second kappa shape index (κ2) is 7.28. The molecule has 0 bridgehead atoms. The Hall–Kier alpha value is -0.0900. The fourth-order valence-corrected chi connectivity index (χ4v) is 4.14. The van der Waals surface area contributed by atoms with Gasteiger partial charge in [-0.2, -0.15) is 0 Å². The topological polar surface area (TPSA) is 46.2 Å². The predicted molar refractivity (Wildman–Crippen MR) is 68.4 cm³/mol. The van der Waals surface area contributed by atoms with Crippen molar-refractivity contribution in [3.05, 3.63) is 0 Å². The van der Waals surface area contributed by atoms with E-state index in [9.17, 15) is 8.42 Å². The van der Waals surface area contributed by atoms with Crippen LogP contribution in [-0.2, 0) is 9.84 Å². The van der Waals surface area contributed by atoms with Crippen molar-refractivity contribution >= 4 is 9.84 Å². The maximum Gasteiger partial charge on any atom is 0.150 e. The molecule has 1 fully saturated rings. The Morgan fingerprint density at radius 3 is 2.50 bits per heavy atom. The lowest BCUT2D eigenvalue weighted by atomic mass is 10.1. The van der Waals surface area contributed by atoms with E-state index in [2.05, 4.69) is 12.2 Å². The third kappa shape index (κ3) is 5.85. The standard InChI is InChI=1S/C12H25NO2S/c1-2-8-13-9-5-10-16(14,15)11-12-6-3-4-7-12/h12-13H,2-11H2,1H3. The summed E-state index contributed by atoms with van der Waals surface area (Å²) in [7, 11) is -2.79. The smallest absolute Gasteiger partial charge is 0.150 e. The van der Waals surface area contributed by atoms with E-state index in [1.165, 1.54) is 12.8 Å². The van der Waals surface area contributed by atoms with Crippen molar-refractivity contribution in [1.82, 2.24) is 5.32 Å². The Bertz CT molecular complexity index is 269. The maximum atomic E-state index is 11.8. The maximum absolute atomic E-state index is 11.8. The van der Waals surface area contributed by atoms with Crippen LogP contribution in [0.15, 0.2) is 0 Å². The zero-order chi connectivity index (χ0) is 11.9. The third-order valence-electron chi connectivity index (χ3n) is 3.20. The van der Waals surface area contributed by atoms with Gasteiger partial charge in [0.2, 0.25) is 0 Å². The van der Waals surface area contributed by atoms with Gasteiger partial charge in [-0.3, -0.25) is 0 Å². The third-order valence-corrected chi connectivity index (χ3v) is 5.09. The van der Waals surface area contributed by atoms with Gasteiger partial charge in [-0.25, -0.2) is 8.42 Å². The van der Waals surface area contributed by atoms with E-state index in [1.807, 2.05) is 0 Å². The Morgan fingerprint density at radius 1 is 1.19 bits per heavy atom. The molecule has 1 aliphatic carbocycles. The van der Waals surface area contributed by atoms with Crippen LogP contribution >= 0.6 is 0 Å². The molecular formula is C12H25NO2S. The Morgan fingerprint density at radius 2 is 1.88 bits per heavy atom. The molecule has 3 nitrogen and oxygen atoms in total. The van der Waals surface area contributed by atoms with Crippen LogP contribution in [0.5, 0.6) is 0 Å². The predicted octanol–water partition coefficient (Wildman–Crippen LogP) is 1.98. The van der Waals surface area contributed by atoms with Gasteiger partial charge in [0.1, 0.15) is 0 Å². The molecule has 1 saturated carbocycles. The minimum absolute atomic E-state index is 0.361. The first-order chi connectivity index (χ1) is 7.64. The van der Waals surface area contributed by atoms with E-state index in [0.717, 1.165) is 38.8 Å². The van der Waals surface area contributed by atoms with Crippen molar-refractivity contribution in [1.29, 1.82) is 0 Å². The zero-order valence-electron chi connectivity index (χ0n) is 10.4. The second-order valence-corrected chi connectivity index (χ2v) is 7.10. The summed E-state index contributed by atoms with van der Waals surface area (Å²) in [6, 6.07) is 0. The molecule has 0 aliphatic heterocycles. The molecule has 0 heterocycles. The van der Waals surface area contributed by atoms with Crippen LogP contribution in [0.1, 0.15) is 45.4 Å². The number of nitrogens with one attached hydrogen (secondary N) is 1. The molecule has 0 unspecified atom stereocenters. The highest BCUT2D eigenvalue weighted by molar-refractivity contribution is 7.91. The average molecular weight is 247 g/mol. The van der Waals surface area contributed by atoms with Crippen LogP contribution < -0.4 is 5.32 Å². The summed E-state index contributed by atoms with van der Waals surface area (Å²) in [4.78, 5) is 0. The van der Waals surface area contributed by atoms with E-state index in [1.54, 1.807) is 0 Å². The number of sulfone groups is 1. The summed E-state index contributed by atoms with van der Waals surface area (Å²) >= 11 is 0. The minimum atomic E-state index is -2.79. The molecule has 0 radical (unpaired) electrons. The molecule has 0 aromatic heterocycles. The van der Waals surface area contributed by atoms with E-state index >= 15 is 0 Å². The van der Waals surface area contributed by atoms with Crippen molar-refractivity contribution < 1.29 is 8.42 Å². The van der Waals surface area contributed by atoms with Crippen molar-refractivity contribution in [2.24, 2.45) is 5.92 Å². The van der Waals surface area contributed by atoms with E-state index in [0.29, 0.717) is 17.4 Å². The average Bonchev–Trinajstić information content (AvgIpc) is 2.69. The molecule has 4 heteroatoms. The molecule has 0 aromatic carbocycles. The van der Waals surface area contributed by atoms with E-state index in [4.69, 9.17) is 0 Å². The van der Waals surface area contributed by atoms with Gasteiger partial charge in [-0.1, -0.05) is 19.8 Å². The molecule has 1 N–H and O–H groups in total. The fourth-order valence-electron chi connectivity index (χ4n) is 2.34. The number of hydrogen-bond donors (Lipinski definition) is 1. The van der Waals surface area contributed by atoms with Gasteiger partial charge in [0.25, 0.3) is 0 Å². The van der Waals surface area contributed by atoms with Gasteiger partial charge in [-0.05, 0) is 44.7 Å². The van der Waals surface area contributed by atoms with Crippen LogP contribution in [0.4, 0.5) is 0 Å².